The van der Waals surface area contributed by atoms with Crippen LogP contribution in [0, 0.1) is 0 Å². The largest absolute Gasteiger partial charge is 0.240 e. The molecule has 0 amide bonds. The summed E-state index contributed by atoms with van der Waals surface area (Å²) in [6.07, 6.45) is 0. The minimum atomic E-state index is 0.789. The minimum Gasteiger partial charge on any atom is -0.240 e. The van der Waals surface area contributed by atoms with Crippen LogP contribution in [0.4, 0.5) is 0 Å². The molecule has 0 aliphatic heterocycles. The number of para-hydroxylation sites is 1. The van der Waals surface area contributed by atoms with Crippen molar-refractivity contribution >= 4 is 43.1 Å². The van der Waals surface area contributed by atoms with E-state index in [1.165, 1.54) is 15.0 Å². The Morgan fingerprint density at radius 2 is 2.06 bits per heavy atom. The summed E-state index contributed by atoms with van der Waals surface area (Å²) in [6, 6.07) is 10.3. The van der Waals surface area contributed by atoms with Gasteiger partial charge >= 0.3 is 0 Å². The number of thiophene rings is 2. The lowest BCUT2D eigenvalue weighted by atomic mass is 10.2. The van der Waals surface area contributed by atoms with E-state index in [0.717, 1.165) is 17.6 Å². The van der Waals surface area contributed by atoms with Crippen LogP contribution in [0.25, 0.3) is 20.4 Å². The summed E-state index contributed by atoms with van der Waals surface area (Å²) in [5.41, 5.74) is 3.37. The second-order valence-corrected chi connectivity index (χ2v) is 6.17. The Balaban J connectivity index is 1.83. The van der Waals surface area contributed by atoms with E-state index in [1.54, 1.807) is 22.7 Å². The van der Waals surface area contributed by atoms with E-state index < -0.39 is 0 Å². The number of hydrogen-bond acceptors (Lipinski definition) is 4. The molecule has 4 aromatic rings. The monoisotopic (exact) mass is 271 g/mol. The Hall–Kier alpha value is -1.72. The van der Waals surface area contributed by atoms with Gasteiger partial charge in [0.1, 0.15) is 5.52 Å². The Bertz CT molecular complexity index is 825. The first kappa shape index (κ1) is 10.2. The number of benzene rings is 1. The molecule has 3 nitrogen and oxygen atoms in total. The molecule has 0 saturated carbocycles. The van der Waals surface area contributed by atoms with Crippen LogP contribution >= 0.6 is 22.7 Å². The second kappa shape index (κ2) is 3.90. The van der Waals surface area contributed by atoms with E-state index in [-0.39, 0.29) is 0 Å². The summed E-state index contributed by atoms with van der Waals surface area (Å²) >= 11 is 3.60. The second-order valence-electron chi connectivity index (χ2n) is 4.12. The van der Waals surface area contributed by atoms with Crippen molar-refractivity contribution in [3.8, 4) is 0 Å². The van der Waals surface area contributed by atoms with Gasteiger partial charge in [-0.15, -0.1) is 27.8 Å². The summed E-state index contributed by atoms with van der Waals surface area (Å²) in [5, 5.41) is 14.1. The summed E-state index contributed by atoms with van der Waals surface area (Å²) in [7, 11) is 0. The quantitative estimate of drug-likeness (QED) is 0.556. The lowest BCUT2D eigenvalue weighted by Crippen LogP contribution is -2.00. The molecule has 1 aromatic carbocycles. The van der Waals surface area contributed by atoms with Crippen LogP contribution in [0.2, 0.25) is 0 Å². The van der Waals surface area contributed by atoms with E-state index in [1.807, 2.05) is 22.9 Å². The molecule has 88 valence electrons. The smallest absolute Gasteiger partial charge is 0.113 e. The average Bonchev–Trinajstić information content (AvgIpc) is 3.08. The van der Waals surface area contributed by atoms with Crippen LogP contribution < -0.4 is 0 Å². The van der Waals surface area contributed by atoms with Gasteiger partial charge in [-0.25, -0.2) is 4.68 Å². The number of aromatic nitrogens is 3. The van der Waals surface area contributed by atoms with Gasteiger partial charge < -0.3 is 0 Å². The van der Waals surface area contributed by atoms with Crippen LogP contribution in [0.15, 0.2) is 41.1 Å². The fourth-order valence-electron chi connectivity index (χ4n) is 2.13. The van der Waals surface area contributed by atoms with Gasteiger partial charge in [-0.1, -0.05) is 17.3 Å². The highest BCUT2D eigenvalue weighted by Crippen LogP contribution is 2.31. The van der Waals surface area contributed by atoms with Crippen LogP contribution in [0.1, 0.15) is 5.56 Å². The zero-order valence-corrected chi connectivity index (χ0v) is 11.0. The maximum absolute atomic E-state index is 4.24. The fourth-order valence-corrected chi connectivity index (χ4v) is 4.09. The van der Waals surface area contributed by atoms with Crippen molar-refractivity contribution in [3.05, 3.63) is 46.7 Å². The highest BCUT2D eigenvalue weighted by molar-refractivity contribution is 7.36. The molecule has 3 heterocycles. The Kier molecular flexibility index (Phi) is 2.21. The highest BCUT2D eigenvalue weighted by Gasteiger charge is 2.08. The van der Waals surface area contributed by atoms with Crippen LogP contribution in [0.5, 0.6) is 0 Å². The molecule has 5 heteroatoms. The fraction of sp³-hybridized carbons (Fsp3) is 0.0769. The van der Waals surface area contributed by atoms with Crippen LogP contribution in [-0.4, -0.2) is 15.0 Å². The van der Waals surface area contributed by atoms with Gasteiger partial charge in [-0.2, -0.15) is 0 Å². The number of rotatable bonds is 2. The zero-order valence-electron chi connectivity index (χ0n) is 9.41. The Morgan fingerprint density at radius 1 is 1.11 bits per heavy atom. The molecule has 0 aliphatic rings. The van der Waals surface area contributed by atoms with Crippen molar-refractivity contribution in [1.29, 1.82) is 0 Å². The van der Waals surface area contributed by atoms with Crippen molar-refractivity contribution in [3.63, 3.8) is 0 Å². The molecule has 0 saturated heterocycles. The van der Waals surface area contributed by atoms with Gasteiger partial charge in [0.2, 0.25) is 0 Å². The first-order valence-corrected chi connectivity index (χ1v) is 7.39. The Morgan fingerprint density at radius 3 is 3.06 bits per heavy atom. The summed E-state index contributed by atoms with van der Waals surface area (Å²) < 4.78 is 3.35. The van der Waals surface area contributed by atoms with E-state index in [9.17, 15) is 0 Å². The van der Waals surface area contributed by atoms with E-state index in [0.29, 0.717) is 0 Å². The zero-order chi connectivity index (χ0) is 11.9. The molecule has 0 atom stereocenters. The maximum Gasteiger partial charge on any atom is 0.113 e. The number of fused-ring (bicyclic) bond motifs is 2. The van der Waals surface area contributed by atoms with Crippen LogP contribution in [-0.2, 0) is 6.54 Å². The summed E-state index contributed by atoms with van der Waals surface area (Å²) in [6.45, 7) is 0.789. The molecule has 0 aliphatic carbocycles. The maximum atomic E-state index is 4.24. The van der Waals surface area contributed by atoms with Crippen molar-refractivity contribution in [2.75, 3.05) is 0 Å². The van der Waals surface area contributed by atoms with Gasteiger partial charge in [0, 0.05) is 5.39 Å². The normalized spacial score (nSPS) is 11.6. The standard InChI is InChI=1S/C13H9N3S2/c1-2-4-12-11(3-1)14-15-16(12)7-9-8-18-13-10(9)5-6-17-13/h1-6,8H,7H2. The van der Waals surface area contributed by atoms with E-state index in [2.05, 4.69) is 33.2 Å². The van der Waals surface area contributed by atoms with Crippen LogP contribution in [0.3, 0.4) is 0 Å². The molecule has 0 bridgehead atoms. The third kappa shape index (κ3) is 1.48. The molecule has 18 heavy (non-hydrogen) atoms. The van der Waals surface area contributed by atoms with E-state index >= 15 is 0 Å². The van der Waals surface area contributed by atoms with Gasteiger partial charge in [0.05, 0.1) is 16.1 Å². The highest BCUT2D eigenvalue weighted by atomic mass is 32.2. The summed E-state index contributed by atoms with van der Waals surface area (Å²) in [5.74, 6) is 0. The van der Waals surface area contributed by atoms with Gasteiger partial charge in [0.15, 0.2) is 0 Å². The van der Waals surface area contributed by atoms with Gasteiger partial charge in [0.25, 0.3) is 0 Å². The van der Waals surface area contributed by atoms with Crippen molar-refractivity contribution in [2.45, 2.75) is 6.54 Å². The first-order valence-electron chi connectivity index (χ1n) is 5.63. The Labute approximate surface area is 111 Å². The van der Waals surface area contributed by atoms with Crippen molar-refractivity contribution < 1.29 is 0 Å². The molecule has 0 fully saturated rings. The van der Waals surface area contributed by atoms with Crippen molar-refractivity contribution in [1.82, 2.24) is 15.0 Å². The molecule has 0 spiro atoms. The molecule has 0 unspecified atom stereocenters. The predicted octanol–water partition coefficient (Wildman–Crippen LogP) is 3.76. The molecule has 0 N–H and O–H groups in total. The molecule has 0 radical (unpaired) electrons. The van der Waals surface area contributed by atoms with E-state index in [4.69, 9.17) is 0 Å². The van der Waals surface area contributed by atoms with Gasteiger partial charge in [-0.05, 0) is 34.5 Å². The van der Waals surface area contributed by atoms with Gasteiger partial charge in [-0.3, -0.25) is 0 Å². The third-order valence-corrected chi connectivity index (χ3v) is 5.14. The molecular formula is C13H9N3S2. The summed E-state index contributed by atoms with van der Waals surface area (Å²) in [4.78, 5) is 0. The third-order valence-electron chi connectivity index (χ3n) is 3.02. The SMILES string of the molecule is c1ccc2c(c1)nnn2Cc1csc2sccc12. The van der Waals surface area contributed by atoms with Crippen molar-refractivity contribution in [2.24, 2.45) is 0 Å². The number of hydrogen-bond donors (Lipinski definition) is 0. The molecule has 4 rings (SSSR count). The predicted molar refractivity (Wildman–Crippen MR) is 76.3 cm³/mol. The first-order chi connectivity index (χ1) is 8.92. The lowest BCUT2D eigenvalue weighted by molar-refractivity contribution is 0.673. The molecule has 3 aromatic heterocycles. The average molecular weight is 271 g/mol. The minimum absolute atomic E-state index is 0.789. The lowest BCUT2D eigenvalue weighted by Gasteiger charge is -2.00. The number of nitrogens with zero attached hydrogens (tertiary/aromatic N) is 3. The topological polar surface area (TPSA) is 30.7 Å². The molecular weight excluding hydrogens is 262 g/mol.